The lowest BCUT2D eigenvalue weighted by atomic mass is 9.78. The van der Waals surface area contributed by atoms with Gasteiger partial charge < -0.3 is 30.0 Å². The Bertz CT molecular complexity index is 1940. The van der Waals surface area contributed by atoms with Gasteiger partial charge in [0.2, 0.25) is 11.8 Å². The second-order valence-electron chi connectivity index (χ2n) is 15.2. The van der Waals surface area contributed by atoms with Crippen molar-refractivity contribution < 1.29 is 41.5 Å². The van der Waals surface area contributed by atoms with Gasteiger partial charge in [0.05, 0.1) is 19.3 Å². The third kappa shape index (κ3) is 9.21. The summed E-state index contributed by atoms with van der Waals surface area (Å²) in [6.45, 7) is 5.66. The van der Waals surface area contributed by atoms with Crippen LogP contribution in [0.25, 0.3) is 10.9 Å². The maximum Gasteiger partial charge on any atom is 0.407 e. The molecule has 0 unspecified atom stereocenters. The zero-order valence-electron chi connectivity index (χ0n) is 30.8. The van der Waals surface area contributed by atoms with E-state index >= 15 is 0 Å². The van der Waals surface area contributed by atoms with E-state index in [0.717, 1.165) is 9.87 Å². The van der Waals surface area contributed by atoms with Crippen LogP contribution in [0, 0.1) is 11.8 Å². The molecule has 3 heterocycles. The smallest absolute Gasteiger partial charge is 0.407 e. The number of anilines is 1. The number of nitrogens with one attached hydrogen (secondary N) is 4. The fourth-order valence-corrected chi connectivity index (χ4v) is 8.83. The van der Waals surface area contributed by atoms with Crippen LogP contribution in [0.4, 0.5) is 14.9 Å². The van der Waals surface area contributed by atoms with E-state index in [0.29, 0.717) is 55.2 Å². The Morgan fingerprint density at radius 2 is 1.67 bits per heavy atom. The van der Waals surface area contributed by atoms with E-state index in [-0.39, 0.29) is 61.6 Å². The molecule has 54 heavy (non-hydrogen) atoms. The quantitative estimate of drug-likeness (QED) is 0.233. The van der Waals surface area contributed by atoms with Gasteiger partial charge in [-0.2, -0.15) is 12.7 Å². The van der Waals surface area contributed by atoms with Gasteiger partial charge in [0.15, 0.2) is 0 Å². The SMILES string of the molecule is CC(C)(C)OC(=O)N[C@H](CF)C1CCC(C(=O)N2CC[C@H](c3ccccc3)[C@H]2C(=O)Nc2ccc3[nH]c(C(=O)NS(=O)(=O)N4CCOCC4)cc3c2)CC1. The molecule has 1 aromatic heterocycles. The summed E-state index contributed by atoms with van der Waals surface area (Å²) in [4.78, 5) is 58.2. The highest BCUT2D eigenvalue weighted by Gasteiger charge is 2.45. The third-order valence-corrected chi connectivity index (χ3v) is 11.9. The first-order chi connectivity index (χ1) is 25.7. The number of benzene rings is 2. The number of H-pyrrole nitrogens is 1. The molecule has 1 saturated carbocycles. The van der Waals surface area contributed by atoms with Gasteiger partial charge in [-0.1, -0.05) is 30.3 Å². The van der Waals surface area contributed by atoms with Crippen molar-refractivity contribution in [1.29, 1.82) is 0 Å². The number of aromatic nitrogens is 1. The monoisotopic (exact) mass is 768 g/mol. The van der Waals surface area contributed by atoms with E-state index in [4.69, 9.17) is 9.47 Å². The number of fused-ring (bicyclic) bond motifs is 1. The summed E-state index contributed by atoms with van der Waals surface area (Å²) >= 11 is 0. The Hall–Kier alpha value is -4.54. The van der Waals surface area contributed by atoms with Crippen LogP contribution in [0.2, 0.25) is 0 Å². The number of nitrogens with zero attached hydrogens (tertiary/aromatic N) is 2. The van der Waals surface area contributed by atoms with Crippen LogP contribution in [0.1, 0.15) is 74.8 Å². The minimum absolute atomic E-state index is 0.0372. The van der Waals surface area contributed by atoms with Crippen LogP contribution in [0.5, 0.6) is 0 Å². The summed E-state index contributed by atoms with van der Waals surface area (Å²) in [6, 6.07) is 14.7. The van der Waals surface area contributed by atoms with Crippen molar-refractivity contribution in [3.63, 3.8) is 0 Å². The van der Waals surface area contributed by atoms with Crippen LogP contribution in [-0.2, 0) is 29.3 Å². The first kappa shape index (κ1) is 39.2. The second-order valence-corrected chi connectivity index (χ2v) is 16.9. The molecular formula is C38H49FN6O8S. The van der Waals surface area contributed by atoms with Gasteiger partial charge in [-0.05, 0) is 88.6 Å². The van der Waals surface area contributed by atoms with Crippen molar-refractivity contribution in [3.8, 4) is 0 Å². The zero-order chi connectivity index (χ0) is 38.6. The number of ether oxygens (including phenoxy) is 2. The summed E-state index contributed by atoms with van der Waals surface area (Å²) in [5.74, 6) is -2.03. The van der Waals surface area contributed by atoms with Gasteiger partial charge in [0.1, 0.15) is 24.0 Å². The normalized spacial score (nSPS) is 23.1. The standard InChI is InChI=1S/C38H49FN6O8S/c1-38(2,3)53-37(49)42-32(23-39)25-9-11-26(12-10-25)36(48)45-16-15-29(24-7-5-4-6-8-24)33(45)35(47)40-28-13-14-30-27(21-28)22-31(41-30)34(46)43-54(50,51)44-17-19-52-20-18-44/h4-8,13-14,21-22,25-26,29,32-33,41H,9-12,15-20,23H2,1-3H3,(H,40,47)(H,42,49)(H,43,46)/t25?,26?,29-,32-,33+/m1/s1. The summed E-state index contributed by atoms with van der Waals surface area (Å²) in [5, 5.41) is 6.23. The third-order valence-electron chi connectivity index (χ3n) is 10.4. The van der Waals surface area contributed by atoms with E-state index in [1.807, 2.05) is 30.3 Å². The molecule has 3 atom stereocenters. The molecule has 3 aromatic rings. The zero-order valence-corrected chi connectivity index (χ0v) is 31.6. The molecule has 4 amide bonds. The number of carbonyl (C=O) groups excluding carboxylic acids is 4. The minimum Gasteiger partial charge on any atom is -0.444 e. The first-order valence-corrected chi connectivity index (χ1v) is 19.9. The van der Waals surface area contributed by atoms with Crippen molar-refractivity contribution in [3.05, 3.63) is 65.9 Å². The number of rotatable bonds is 10. The average molecular weight is 769 g/mol. The van der Waals surface area contributed by atoms with Crippen LogP contribution >= 0.6 is 0 Å². The molecule has 0 bridgehead atoms. The lowest BCUT2D eigenvalue weighted by molar-refractivity contribution is -0.141. The van der Waals surface area contributed by atoms with E-state index in [2.05, 4.69) is 20.3 Å². The summed E-state index contributed by atoms with van der Waals surface area (Å²) < 4.78 is 53.3. The number of carbonyl (C=O) groups is 4. The van der Waals surface area contributed by atoms with Gasteiger partial charge in [0.25, 0.3) is 5.91 Å². The Kier molecular flexibility index (Phi) is 11.9. The number of amides is 4. The molecule has 2 saturated heterocycles. The lowest BCUT2D eigenvalue weighted by Gasteiger charge is -2.36. The number of aromatic amines is 1. The van der Waals surface area contributed by atoms with E-state index < -0.39 is 46.6 Å². The first-order valence-electron chi connectivity index (χ1n) is 18.5. The van der Waals surface area contributed by atoms with E-state index in [9.17, 15) is 32.0 Å². The average Bonchev–Trinajstić information content (AvgIpc) is 3.79. The number of halogens is 1. The van der Waals surface area contributed by atoms with Gasteiger partial charge in [-0.3, -0.25) is 14.4 Å². The maximum absolute atomic E-state index is 14.2. The van der Waals surface area contributed by atoms with E-state index in [1.54, 1.807) is 43.9 Å². The van der Waals surface area contributed by atoms with Gasteiger partial charge in [-0.15, -0.1) is 0 Å². The number of alkyl carbamates (subject to hydrolysis) is 1. The highest BCUT2D eigenvalue weighted by atomic mass is 32.2. The molecule has 6 rings (SSSR count). The highest BCUT2D eigenvalue weighted by molar-refractivity contribution is 7.87. The second kappa shape index (κ2) is 16.4. The molecule has 1 aliphatic carbocycles. The van der Waals surface area contributed by atoms with Crippen molar-refractivity contribution in [1.82, 2.24) is 24.2 Å². The van der Waals surface area contributed by atoms with Crippen LogP contribution in [0.15, 0.2) is 54.6 Å². The molecule has 292 valence electrons. The van der Waals surface area contributed by atoms with Gasteiger partial charge in [-0.25, -0.2) is 13.9 Å². The van der Waals surface area contributed by atoms with Crippen LogP contribution in [-0.4, -0.2) is 104 Å². The molecular weight excluding hydrogens is 720 g/mol. The predicted molar refractivity (Wildman–Crippen MR) is 200 cm³/mol. The molecule has 2 aromatic carbocycles. The number of hydrogen-bond donors (Lipinski definition) is 4. The summed E-state index contributed by atoms with van der Waals surface area (Å²) in [5.41, 5.74) is 1.28. The van der Waals surface area contributed by atoms with Gasteiger partial charge in [0, 0.05) is 48.1 Å². The van der Waals surface area contributed by atoms with Crippen LogP contribution in [0.3, 0.4) is 0 Å². The summed E-state index contributed by atoms with van der Waals surface area (Å²) in [7, 11) is -4.06. The van der Waals surface area contributed by atoms with Crippen molar-refractivity contribution in [2.24, 2.45) is 11.8 Å². The maximum atomic E-state index is 14.2. The Balaban J connectivity index is 1.14. The largest absolute Gasteiger partial charge is 0.444 e. The number of alkyl halides is 1. The van der Waals surface area contributed by atoms with Gasteiger partial charge >= 0.3 is 16.3 Å². The molecule has 2 aliphatic heterocycles. The van der Waals surface area contributed by atoms with E-state index in [1.165, 1.54) is 6.07 Å². The van der Waals surface area contributed by atoms with Crippen molar-refractivity contribution in [2.75, 3.05) is 44.8 Å². The fourth-order valence-electron chi connectivity index (χ4n) is 7.73. The predicted octanol–water partition coefficient (Wildman–Crippen LogP) is 4.47. The number of morpholine rings is 1. The Morgan fingerprint density at radius 3 is 2.33 bits per heavy atom. The lowest BCUT2D eigenvalue weighted by Crippen LogP contribution is -2.49. The molecule has 0 radical (unpaired) electrons. The molecule has 0 spiro atoms. The Labute approximate surface area is 314 Å². The fraction of sp³-hybridized carbons (Fsp3) is 0.526. The minimum atomic E-state index is -4.06. The molecule has 4 N–H and O–H groups in total. The summed E-state index contributed by atoms with van der Waals surface area (Å²) in [6.07, 6.45) is 2.02. The topological polar surface area (TPSA) is 179 Å². The van der Waals surface area contributed by atoms with Crippen molar-refractivity contribution in [2.45, 2.75) is 76.5 Å². The Morgan fingerprint density at radius 1 is 0.963 bits per heavy atom. The number of hydrogen-bond acceptors (Lipinski definition) is 8. The number of likely N-dealkylation sites (tertiary alicyclic amines) is 1. The highest BCUT2D eigenvalue weighted by Crippen LogP contribution is 2.39. The van der Waals surface area contributed by atoms with Crippen molar-refractivity contribution >= 4 is 50.6 Å². The van der Waals surface area contributed by atoms with Crippen LogP contribution < -0.4 is 15.4 Å². The molecule has 3 fully saturated rings. The molecule has 3 aliphatic rings. The molecule has 16 heteroatoms. The molecule has 14 nitrogen and oxygen atoms in total.